The van der Waals surface area contributed by atoms with Gasteiger partial charge >= 0.3 is 0 Å². The van der Waals surface area contributed by atoms with Crippen LogP contribution < -0.4 is 24.0 Å². The van der Waals surface area contributed by atoms with Crippen molar-refractivity contribution in [3.05, 3.63) is 67.0 Å². The lowest BCUT2D eigenvalue weighted by atomic mass is 10.0. The van der Waals surface area contributed by atoms with Crippen molar-refractivity contribution in [3.8, 4) is 28.5 Å². The molecule has 4 aromatic rings. The predicted octanol–water partition coefficient (Wildman–Crippen LogP) is 4.65. The molecule has 0 saturated carbocycles. The van der Waals surface area contributed by atoms with Crippen LogP contribution in [0, 0.1) is 0 Å². The van der Waals surface area contributed by atoms with E-state index in [0.29, 0.717) is 0 Å². The fraction of sp³-hybridized carbons (Fsp3) is 0.259. The molecule has 1 aliphatic rings. The second kappa shape index (κ2) is 9.47. The number of aromatic nitrogens is 2. The number of methoxy groups -OCH3 is 3. The smallest absolute Gasteiger partial charge is 0.162 e. The quantitative estimate of drug-likeness (QED) is 0.419. The fourth-order valence-corrected chi connectivity index (χ4v) is 4.37. The highest BCUT2D eigenvalue weighted by Gasteiger charge is 2.20. The van der Waals surface area contributed by atoms with Crippen LogP contribution in [-0.4, -0.2) is 57.5 Å². The van der Waals surface area contributed by atoms with Crippen LogP contribution in [0.4, 0.5) is 11.5 Å². The summed E-state index contributed by atoms with van der Waals surface area (Å²) in [6.45, 7) is 3.51. The number of fused-ring (bicyclic) bond motifs is 1. The molecule has 0 atom stereocenters. The molecule has 3 aromatic carbocycles. The maximum absolute atomic E-state index is 5.47. The van der Waals surface area contributed by atoms with Crippen LogP contribution in [0.2, 0.25) is 0 Å². The summed E-state index contributed by atoms with van der Waals surface area (Å²) in [6, 6.07) is 18.5. The monoisotopic (exact) mass is 456 g/mol. The summed E-state index contributed by atoms with van der Waals surface area (Å²) < 4.78 is 16.2. The average molecular weight is 457 g/mol. The molecule has 0 amide bonds. The highest BCUT2D eigenvalue weighted by Crippen LogP contribution is 2.32. The average Bonchev–Trinajstić information content (AvgIpc) is 2.92. The van der Waals surface area contributed by atoms with Crippen molar-refractivity contribution in [1.82, 2.24) is 9.97 Å². The van der Waals surface area contributed by atoms with Gasteiger partial charge in [-0.2, -0.15) is 0 Å². The van der Waals surface area contributed by atoms with Crippen molar-refractivity contribution < 1.29 is 14.2 Å². The molecule has 174 valence electrons. The van der Waals surface area contributed by atoms with E-state index in [1.807, 2.05) is 36.7 Å². The van der Waals surface area contributed by atoms with E-state index in [9.17, 15) is 0 Å². The molecule has 2 heterocycles. The van der Waals surface area contributed by atoms with E-state index in [0.717, 1.165) is 77.0 Å². The zero-order valence-electron chi connectivity index (χ0n) is 19.7. The van der Waals surface area contributed by atoms with Gasteiger partial charge in [-0.15, -0.1) is 0 Å². The van der Waals surface area contributed by atoms with E-state index in [-0.39, 0.29) is 0 Å². The predicted molar refractivity (Wildman–Crippen MR) is 135 cm³/mol. The number of benzene rings is 3. The Morgan fingerprint density at radius 1 is 0.676 bits per heavy atom. The lowest BCUT2D eigenvalue weighted by Gasteiger charge is -2.36. The maximum Gasteiger partial charge on any atom is 0.162 e. The number of anilines is 2. The Hall–Kier alpha value is -4.00. The largest absolute Gasteiger partial charge is 0.497 e. The minimum atomic E-state index is 0.741. The van der Waals surface area contributed by atoms with E-state index >= 15 is 0 Å². The summed E-state index contributed by atoms with van der Waals surface area (Å²) in [4.78, 5) is 14.1. The third kappa shape index (κ3) is 4.29. The molecule has 1 aliphatic heterocycles. The van der Waals surface area contributed by atoms with Crippen LogP contribution >= 0.6 is 0 Å². The van der Waals surface area contributed by atoms with Crippen LogP contribution in [0.5, 0.6) is 17.2 Å². The van der Waals surface area contributed by atoms with Crippen molar-refractivity contribution in [2.75, 3.05) is 57.3 Å². The third-order valence-corrected chi connectivity index (χ3v) is 6.30. The Kier molecular flexibility index (Phi) is 6.08. The van der Waals surface area contributed by atoms with Crippen LogP contribution in [-0.2, 0) is 0 Å². The maximum atomic E-state index is 5.47. The minimum absolute atomic E-state index is 0.741. The van der Waals surface area contributed by atoms with Crippen molar-refractivity contribution in [1.29, 1.82) is 0 Å². The van der Waals surface area contributed by atoms with Gasteiger partial charge in [-0.3, -0.25) is 4.98 Å². The Morgan fingerprint density at radius 3 is 2.18 bits per heavy atom. The summed E-state index contributed by atoms with van der Waals surface area (Å²) in [5.74, 6) is 3.24. The first kappa shape index (κ1) is 21.8. The number of nitrogens with zero attached hydrogens (tertiary/aromatic N) is 4. The second-order valence-corrected chi connectivity index (χ2v) is 8.20. The first-order valence-electron chi connectivity index (χ1n) is 11.3. The van der Waals surface area contributed by atoms with Gasteiger partial charge in [0.1, 0.15) is 11.6 Å². The van der Waals surface area contributed by atoms with Gasteiger partial charge in [0.15, 0.2) is 11.5 Å². The first-order valence-corrected chi connectivity index (χ1v) is 11.3. The molecule has 34 heavy (non-hydrogen) atoms. The van der Waals surface area contributed by atoms with Crippen LogP contribution in [0.1, 0.15) is 0 Å². The van der Waals surface area contributed by atoms with Gasteiger partial charge in [-0.1, -0.05) is 18.2 Å². The number of hydrogen-bond acceptors (Lipinski definition) is 7. The van der Waals surface area contributed by atoms with E-state index in [2.05, 4.69) is 45.1 Å². The van der Waals surface area contributed by atoms with Crippen molar-refractivity contribution in [2.24, 2.45) is 0 Å². The molecule has 0 N–H and O–H groups in total. The van der Waals surface area contributed by atoms with Gasteiger partial charge in [0.2, 0.25) is 0 Å². The van der Waals surface area contributed by atoms with Crippen molar-refractivity contribution in [2.45, 2.75) is 0 Å². The molecular weight excluding hydrogens is 428 g/mol. The number of hydrogen-bond donors (Lipinski definition) is 0. The molecule has 0 aliphatic carbocycles. The highest BCUT2D eigenvalue weighted by atomic mass is 16.5. The SMILES string of the molecule is COc1ccc2cc(-c3cncc(N4CCN(c5ccc(OC)c(OC)c5)CC4)n3)ccc2c1. The van der Waals surface area contributed by atoms with Gasteiger partial charge in [-0.05, 0) is 41.1 Å². The van der Waals surface area contributed by atoms with E-state index in [1.165, 1.54) is 0 Å². The molecule has 1 aromatic heterocycles. The van der Waals surface area contributed by atoms with Crippen LogP contribution in [0.25, 0.3) is 22.0 Å². The zero-order valence-corrected chi connectivity index (χ0v) is 19.7. The van der Waals surface area contributed by atoms with Gasteiger partial charge in [0, 0.05) is 43.5 Å². The lowest BCUT2D eigenvalue weighted by Crippen LogP contribution is -2.46. The standard InChI is InChI=1S/C27H28N4O3/c1-32-23-8-6-19-14-21(5-4-20(19)15-23)24-17-28-18-27(29-24)31-12-10-30(11-13-31)22-7-9-25(33-2)26(16-22)34-3/h4-9,14-18H,10-13H2,1-3H3. The van der Waals surface area contributed by atoms with Gasteiger partial charge in [0.25, 0.3) is 0 Å². The molecule has 1 fully saturated rings. The molecule has 0 bridgehead atoms. The Labute approximate surface area is 199 Å². The Balaban J connectivity index is 1.31. The lowest BCUT2D eigenvalue weighted by molar-refractivity contribution is 0.355. The molecule has 1 saturated heterocycles. The summed E-state index contributed by atoms with van der Waals surface area (Å²) in [5, 5.41) is 2.28. The normalized spacial score (nSPS) is 13.7. The highest BCUT2D eigenvalue weighted by molar-refractivity contribution is 5.88. The second-order valence-electron chi connectivity index (χ2n) is 8.20. The summed E-state index contributed by atoms with van der Waals surface area (Å²) in [5.41, 5.74) is 3.05. The summed E-state index contributed by atoms with van der Waals surface area (Å²) in [7, 11) is 5.00. The Bertz CT molecular complexity index is 1300. The molecular formula is C27H28N4O3. The zero-order chi connectivity index (χ0) is 23.5. The van der Waals surface area contributed by atoms with Gasteiger partial charge < -0.3 is 24.0 Å². The van der Waals surface area contributed by atoms with E-state index in [4.69, 9.17) is 19.2 Å². The van der Waals surface area contributed by atoms with Crippen LogP contribution in [0.3, 0.4) is 0 Å². The van der Waals surface area contributed by atoms with Gasteiger partial charge in [-0.25, -0.2) is 4.98 Å². The number of rotatable bonds is 6. The minimum Gasteiger partial charge on any atom is -0.497 e. The van der Waals surface area contributed by atoms with Gasteiger partial charge in [0.05, 0.1) is 39.4 Å². The fourth-order valence-electron chi connectivity index (χ4n) is 4.37. The summed E-state index contributed by atoms with van der Waals surface area (Å²) in [6.07, 6.45) is 3.68. The number of piperazine rings is 1. The molecule has 0 spiro atoms. The van der Waals surface area contributed by atoms with Crippen molar-refractivity contribution >= 4 is 22.3 Å². The van der Waals surface area contributed by atoms with Crippen molar-refractivity contribution in [3.63, 3.8) is 0 Å². The molecule has 7 nitrogen and oxygen atoms in total. The Morgan fingerprint density at radius 2 is 1.41 bits per heavy atom. The van der Waals surface area contributed by atoms with E-state index < -0.39 is 0 Å². The molecule has 0 radical (unpaired) electrons. The molecule has 7 heteroatoms. The van der Waals surface area contributed by atoms with Crippen LogP contribution in [0.15, 0.2) is 67.0 Å². The third-order valence-electron chi connectivity index (χ3n) is 6.30. The first-order chi connectivity index (χ1) is 16.7. The molecule has 5 rings (SSSR count). The molecule has 0 unspecified atom stereocenters. The number of ether oxygens (including phenoxy) is 3. The van der Waals surface area contributed by atoms with E-state index in [1.54, 1.807) is 21.3 Å². The summed E-state index contributed by atoms with van der Waals surface area (Å²) >= 11 is 0. The topological polar surface area (TPSA) is 60.0 Å².